The normalized spacial score (nSPS) is 14.6. The van der Waals surface area contributed by atoms with Gasteiger partial charge in [-0.2, -0.15) is 0 Å². The minimum absolute atomic E-state index is 0.538. The van der Waals surface area contributed by atoms with Crippen molar-refractivity contribution in [1.82, 2.24) is 0 Å². The van der Waals surface area contributed by atoms with Gasteiger partial charge in [0.2, 0.25) is 0 Å². The van der Waals surface area contributed by atoms with Crippen molar-refractivity contribution in [3.63, 3.8) is 0 Å². The fraction of sp³-hybridized carbons (Fsp3) is 0.318. The molecule has 1 aliphatic heterocycles. The summed E-state index contributed by atoms with van der Waals surface area (Å²) in [4.78, 5) is 4.46. The van der Waals surface area contributed by atoms with Crippen molar-refractivity contribution in [2.45, 2.75) is 47.0 Å². The average Bonchev–Trinajstić information content (AvgIpc) is 2.65. The van der Waals surface area contributed by atoms with Gasteiger partial charge in [-0.05, 0) is 46.7 Å². The minimum atomic E-state index is 0.538. The van der Waals surface area contributed by atoms with Crippen molar-refractivity contribution in [1.29, 1.82) is 0 Å². The number of hydrogen-bond donors (Lipinski definition) is 0. The van der Waals surface area contributed by atoms with Gasteiger partial charge in [0, 0.05) is 6.21 Å². The highest BCUT2D eigenvalue weighted by Gasteiger charge is 2.15. The Kier molecular flexibility index (Phi) is 8.04. The lowest BCUT2D eigenvalue weighted by Gasteiger charge is -2.18. The molecule has 2 aromatic carbocycles. The third-order valence-electron chi connectivity index (χ3n) is 3.72. The van der Waals surface area contributed by atoms with Crippen LogP contribution in [0.25, 0.3) is 5.57 Å². The number of hydrogen-bond acceptors (Lipinski definition) is 1. The summed E-state index contributed by atoms with van der Waals surface area (Å²) >= 11 is 0. The van der Waals surface area contributed by atoms with Crippen molar-refractivity contribution in [3.8, 4) is 0 Å². The van der Waals surface area contributed by atoms with Gasteiger partial charge in [-0.3, -0.25) is 4.99 Å². The van der Waals surface area contributed by atoms with Crippen molar-refractivity contribution < 1.29 is 0 Å². The summed E-state index contributed by atoms with van der Waals surface area (Å²) in [6, 6.07) is 16.8. The maximum Gasteiger partial charge on any atom is 0.0660 e. The van der Waals surface area contributed by atoms with Gasteiger partial charge in [-0.15, -0.1) is 0 Å². The second-order valence-corrected chi connectivity index (χ2v) is 5.07. The summed E-state index contributed by atoms with van der Waals surface area (Å²) in [7, 11) is 0. The molecule has 1 unspecified atom stereocenters. The molecule has 1 heteroatoms. The van der Waals surface area contributed by atoms with Crippen molar-refractivity contribution >= 4 is 17.5 Å². The Morgan fingerprint density at radius 2 is 1.61 bits per heavy atom. The monoisotopic (exact) mass is 307 g/mol. The molecule has 0 saturated heterocycles. The molecule has 0 saturated carbocycles. The van der Waals surface area contributed by atoms with Crippen LogP contribution in [0, 0.1) is 0 Å². The van der Waals surface area contributed by atoms with E-state index in [1.54, 1.807) is 0 Å². The Bertz CT molecular complexity index is 638. The van der Waals surface area contributed by atoms with Gasteiger partial charge in [0.25, 0.3) is 0 Å². The first-order valence-corrected chi connectivity index (χ1v) is 8.67. The van der Waals surface area contributed by atoms with Gasteiger partial charge in [0.1, 0.15) is 0 Å². The molecule has 0 N–H and O–H groups in total. The Morgan fingerprint density at radius 3 is 2.26 bits per heavy atom. The highest BCUT2D eigenvalue weighted by atomic mass is 14.7. The summed E-state index contributed by atoms with van der Waals surface area (Å²) in [6.07, 6.45) is 3.03. The zero-order valence-corrected chi connectivity index (χ0v) is 15.1. The van der Waals surface area contributed by atoms with E-state index in [9.17, 15) is 0 Å². The first-order valence-electron chi connectivity index (χ1n) is 8.67. The molecule has 0 aromatic heterocycles. The molecule has 0 fully saturated rings. The molecule has 1 nitrogen and oxygen atoms in total. The molecule has 0 amide bonds. The lowest BCUT2D eigenvalue weighted by atomic mass is 9.90. The summed E-state index contributed by atoms with van der Waals surface area (Å²) in [5.74, 6) is 0.538. The molecule has 1 atom stereocenters. The molecule has 23 heavy (non-hydrogen) atoms. The Morgan fingerprint density at radius 1 is 0.957 bits per heavy atom. The van der Waals surface area contributed by atoms with Gasteiger partial charge < -0.3 is 0 Å². The quantitative estimate of drug-likeness (QED) is 0.566. The predicted octanol–water partition coefficient (Wildman–Crippen LogP) is 7.01. The van der Waals surface area contributed by atoms with Gasteiger partial charge in [0.15, 0.2) is 0 Å². The van der Waals surface area contributed by atoms with E-state index < -0.39 is 0 Å². The first kappa shape index (κ1) is 18.9. The molecule has 0 spiro atoms. The van der Waals surface area contributed by atoms with E-state index >= 15 is 0 Å². The molecule has 1 aliphatic rings. The van der Waals surface area contributed by atoms with E-state index in [1.165, 1.54) is 16.7 Å². The summed E-state index contributed by atoms with van der Waals surface area (Å²) in [5.41, 5.74) is 5.87. The molecular weight excluding hydrogens is 278 g/mol. The molecule has 0 aliphatic carbocycles. The van der Waals surface area contributed by atoms with Crippen molar-refractivity contribution in [3.05, 3.63) is 71.8 Å². The van der Waals surface area contributed by atoms with Crippen molar-refractivity contribution in [2.75, 3.05) is 0 Å². The van der Waals surface area contributed by atoms with Crippen LogP contribution in [0.15, 0.2) is 60.1 Å². The third-order valence-corrected chi connectivity index (χ3v) is 3.72. The van der Waals surface area contributed by atoms with Gasteiger partial charge in [-0.25, -0.2) is 0 Å². The molecule has 0 bridgehead atoms. The highest BCUT2D eigenvalue weighted by molar-refractivity contribution is 5.80. The van der Waals surface area contributed by atoms with Crippen LogP contribution in [-0.2, 0) is 0 Å². The smallest absolute Gasteiger partial charge is 0.0660 e. The number of rotatable bonds is 2. The van der Waals surface area contributed by atoms with Crippen LogP contribution < -0.4 is 0 Å². The minimum Gasteiger partial charge on any atom is -0.261 e. The standard InChI is InChI=1S/C18H17N.2C2H6/c1-13-10-11-19-18-9-8-16(12-17(13)18)14(2)15-6-4-3-5-7-15;2*1-2/h3-9,11-13H,2,10H2,1H3;2*1-2H3. The fourth-order valence-electron chi connectivity index (χ4n) is 2.50. The lowest BCUT2D eigenvalue weighted by molar-refractivity contribution is 0.801. The Hall–Kier alpha value is -2.15. The second kappa shape index (κ2) is 9.78. The molecule has 0 radical (unpaired) electrons. The van der Waals surface area contributed by atoms with Crippen LogP contribution in [0.3, 0.4) is 0 Å². The lowest BCUT2D eigenvalue weighted by Crippen LogP contribution is -2.01. The molecule has 1 heterocycles. The van der Waals surface area contributed by atoms with E-state index in [0.717, 1.165) is 17.7 Å². The second-order valence-electron chi connectivity index (χ2n) is 5.07. The average molecular weight is 307 g/mol. The number of aliphatic imine (C=N–C) groups is 1. The van der Waals surface area contributed by atoms with Crippen LogP contribution in [0.1, 0.15) is 63.6 Å². The number of benzene rings is 2. The van der Waals surface area contributed by atoms with Gasteiger partial charge in [0.05, 0.1) is 5.69 Å². The topological polar surface area (TPSA) is 12.4 Å². The summed E-state index contributed by atoms with van der Waals surface area (Å²) < 4.78 is 0. The van der Waals surface area contributed by atoms with E-state index in [-0.39, 0.29) is 0 Å². The largest absolute Gasteiger partial charge is 0.261 e. The van der Waals surface area contributed by atoms with Gasteiger partial charge >= 0.3 is 0 Å². The Labute approximate surface area is 141 Å². The van der Waals surface area contributed by atoms with Crippen molar-refractivity contribution in [2.24, 2.45) is 4.99 Å². The first-order chi connectivity index (χ1) is 11.3. The molecule has 122 valence electrons. The van der Waals surface area contributed by atoms with E-state index in [0.29, 0.717) is 5.92 Å². The summed E-state index contributed by atoms with van der Waals surface area (Å²) in [5, 5.41) is 0. The summed E-state index contributed by atoms with van der Waals surface area (Å²) in [6.45, 7) is 14.5. The third kappa shape index (κ3) is 4.66. The maximum absolute atomic E-state index is 4.46. The number of fused-ring (bicyclic) bond motifs is 1. The van der Waals surface area contributed by atoms with Crippen LogP contribution in [0.4, 0.5) is 5.69 Å². The van der Waals surface area contributed by atoms with E-state index in [2.05, 4.69) is 48.8 Å². The maximum atomic E-state index is 4.46. The molecule has 2 aromatic rings. The zero-order chi connectivity index (χ0) is 17.2. The van der Waals surface area contributed by atoms with Gasteiger partial charge in [-0.1, -0.05) is 77.6 Å². The SMILES string of the molecule is C=C(c1ccccc1)c1ccc2c(c1)C(C)CC=N2.CC.CC. The number of nitrogens with zero attached hydrogens (tertiary/aromatic N) is 1. The van der Waals surface area contributed by atoms with E-state index in [1.807, 2.05) is 52.1 Å². The fourth-order valence-corrected chi connectivity index (χ4v) is 2.50. The van der Waals surface area contributed by atoms with Crippen LogP contribution in [0.2, 0.25) is 0 Å². The van der Waals surface area contributed by atoms with Crippen LogP contribution in [0.5, 0.6) is 0 Å². The van der Waals surface area contributed by atoms with Crippen LogP contribution >= 0.6 is 0 Å². The molecule has 3 rings (SSSR count). The van der Waals surface area contributed by atoms with E-state index in [4.69, 9.17) is 0 Å². The Balaban J connectivity index is 0.000000615. The zero-order valence-electron chi connectivity index (χ0n) is 15.1. The van der Waals surface area contributed by atoms with Crippen LogP contribution in [-0.4, -0.2) is 6.21 Å². The predicted molar refractivity (Wildman–Crippen MR) is 105 cm³/mol. The highest BCUT2D eigenvalue weighted by Crippen LogP contribution is 2.35. The molecular formula is C22H29N.